The number of benzene rings is 1. The van der Waals surface area contributed by atoms with E-state index in [1.54, 1.807) is 24.7 Å². The molecular formula is C17H19F3N4O2S. The van der Waals surface area contributed by atoms with Crippen LogP contribution >= 0.6 is 0 Å². The highest BCUT2D eigenvalue weighted by Gasteiger charge is 2.28. The van der Waals surface area contributed by atoms with Crippen LogP contribution in [0.15, 0.2) is 23.2 Å². The predicted octanol–water partition coefficient (Wildman–Crippen LogP) is 2.63. The van der Waals surface area contributed by atoms with Crippen molar-refractivity contribution in [2.45, 2.75) is 36.8 Å². The summed E-state index contributed by atoms with van der Waals surface area (Å²) in [5.74, 6) is -5.01. The van der Waals surface area contributed by atoms with Crippen LogP contribution in [0.4, 0.5) is 18.9 Å². The van der Waals surface area contributed by atoms with Gasteiger partial charge < -0.3 is 15.0 Å². The highest BCUT2D eigenvalue weighted by molar-refractivity contribution is 7.84. The number of hydrogen-bond donors (Lipinski definition) is 4. The number of carbonyl (C=O) groups is 1. The molecule has 0 aliphatic carbocycles. The molecule has 1 aromatic heterocycles. The average Bonchev–Trinajstić information content (AvgIpc) is 2.83. The molecule has 1 amide bonds. The van der Waals surface area contributed by atoms with Crippen molar-refractivity contribution >= 4 is 22.5 Å². The van der Waals surface area contributed by atoms with Crippen molar-refractivity contribution in [2.75, 3.05) is 5.32 Å². The van der Waals surface area contributed by atoms with Gasteiger partial charge in [-0.15, -0.1) is 0 Å². The number of rotatable bonds is 3. The second kappa shape index (κ2) is 7.45. The summed E-state index contributed by atoms with van der Waals surface area (Å²) in [6.07, 6.45) is 1.99. The van der Waals surface area contributed by atoms with Gasteiger partial charge in [-0.05, 0) is 36.2 Å². The molecule has 0 saturated carbocycles. The van der Waals surface area contributed by atoms with E-state index in [1.807, 2.05) is 0 Å². The van der Waals surface area contributed by atoms with Crippen molar-refractivity contribution in [3.63, 3.8) is 0 Å². The van der Waals surface area contributed by atoms with Gasteiger partial charge in [-0.3, -0.25) is 9.57 Å². The minimum Gasteiger partial charge on any atom is -0.392 e. The molecule has 10 heteroatoms. The maximum absolute atomic E-state index is 13.4. The van der Waals surface area contributed by atoms with E-state index in [9.17, 15) is 23.1 Å². The smallest absolute Gasteiger partial charge is 0.272 e. The molecule has 3 unspecified atom stereocenters. The Morgan fingerprint density at radius 1 is 1.41 bits per heavy atom. The van der Waals surface area contributed by atoms with Crippen LogP contribution < -0.4 is 10.0 Å². The number of fused-ring (bicyclic) bond motifs is 1. The lowest BCUT2D eigenvalue weighted by Crippen LogP contribution is -2.38. The number of anilines is 1. The van der Waals surface area contributed by atoms with E-state index in [0.717, 1.165) is 0 Å². The predicted molar refractivity (Wildman–Crippen MR) is 95.0 cm³/mol. The minimum absolute atomic E-state index is 0.204. The number of aryl methyl sites for hydroxylation is 1. The van der Waals surface area contributed by atoms with Gasteiger partial charge in [0, 0.05) is 37.1 Å². The van der Waals surface area contributed by atoms with Crippen molar-refractivity contribution in [2.24, 2.45) is 7.05 Å². The number of carbonyl (C=O) groups excluding carboxylic acids is 1. The zero-order chi connectivity index (χ0) is 19.9. The molecule has 0 saturated heterocycles. The Morgan fingerprint density at radius 2 is 2.04 bits per heavy atom. The van der Waals surface area contributed by atoms with E-state index >= 15 is 0 Å². The van der Waals surface area contributed by atoms with E-state index in [1.165, 1.54) is 0 Å². The summed E-state index contributed by atoms with van der Waals surface area (Å²) in [4.78, 5) is 13.3. The first-order valence-electron chi connectivity index (χ1n) is 8.23. The molecule has 1 aromatic carbocycles. The van der Waals surface area contributed by atoms with Crippen molar-refractivity contribution in [3.8, 4) is 0 Å². The first-order chi connectivity index (χ1) is 12.7. The fourth-order valence-corrected chi connectivity index (χ4v) is 4.55. The van der Waals surface area contributed by atoms with Crippen molar-refractivity contribution in [1.82, 2.24) is 9.29 Å². The molecule has 1 aliphatic heterocycles. The van der Waals surface area contributed by atoms with Crippen LogP contribution in [0.25, 0.3) is 0 Å². The van der Waals surface area contributed by atoms with E-state index in [4.69, 9.17) is 4.78 Å². The summed E-state index contributed by atoms with van der Waals surface area (Å²) in [5, 5.41) is 12.2. The van der Waals surface area contributed by atoms with Crippen LogP contribution in [-0.2, 0) is 24.3 Å². The third-order valence-electron chi connectivity index (χ3n) is 4.48. The first-order valence-corrected chi connectivity index (χ1v) is 9.45. The molecule has 1 aliphatic rings. The molecule has 6 nitrogen and oxygen atoms in total. The van der Waals surface area contributed by atoms with Crippen LogP contribution in [-0.4, -0.2) is 27.7 Å². The highest BCUT2D eigenvalue weighted by Crippen LogP contribution is 2.27. The number of amides is 1. The summed E-state index contributed by atoms with van der Waals surface area (Å²) < 4.78 is 52.7. The molecular weight excluding hydrogens is 381 g/mol. The molecule has 3 rings (SSSR count). The zero-order valence-electron chi connectivity index (χ0n) is 14.6. The Bertz CT molecular complexity index is 906. The molecule has 0 spiro atoms. The number of nitrogens with zero attached hydrogens (tertiary/aromatic N) is 1. The topological polar surface area (TPSA) is 90.1 Å². The molecule has 4 N–H and O–H groups in total. The molecule has 27 heavy (non-hydrogen) atoms. The zero-order valence-corrected chi connectivity index (χ0v) is 15.5. The normalized spacial score (nSPS) is 20.7. The van der Waals surface area contributed by atoms with Crippen molar-refractivity contribution in [3.05, 3.63) is 47.0 Å². The number of aliphatic hydroxyl groups is 1. The standard InChI is InChI=1S/C17H19F3N4O2S/c1-8(25)13-4-3-10-14(27(21)23-13)7-24(2)16(10)17(26)22-9-5-11(18)15(20)12(19)6-9/h5-8,13,25H,3-4H2,1-2H3,(H2,21,23)(H,22,26). The fraction of sp³-hybridized carbons (Fsp3) is 0.353. The highest BCUT2D eigenvalue weighted by atomic mass is 32.2. The maximum Gasteiger partial charge on any atom is 0.272 e. The molecule has 0 bridgehead atoms. The lowest BCUT2D eigenvalue weighted by Gasteiger charge is -2.19. The van der Waals surface area contributed by atoms with Gasteiger partial charge in [-0.1, -0.05) is 0 Å². The number of halogens is 3. The van der Waals surface area contributed by atoms with Gasteiger partial charge in [0.2, 0.25) is 0 Å². The van der Waals surface area contributed by atoms with E-state index in [2.05, 4.69) is 10.0 Å². The second-order valence-electron chi connectivity index (χ2n) is 6.45. The Balaban J connectivity index is 1.92. The Labute approximate surface area is 156 Å². The van der Waals surface area contributed by atoms with Gasteiger partial charge in [0.15, 0.2) is 17.5 Å². The average molecular weight is 400 g/mol. The van der Waals surface area contributed by atoms with Crippen LogP contribution in [0, 0.1) is 22.2 Å². The number of aromatic nitrogens is 1. The summed E-state index contributed by atoms with van der Waals surface area (Å²) in [6.45, 7) is 1.64. The van der Waals surface area contributed by atoms with Crippen molar-refractivity contribution < 1.29 is 23.1 Å². The van der Waals surface area contributed by atoms with Gasteiger partial charge in [0.25, 0.3) is 5.91 Å². The van der Waals surface area contributed by atoms with Crippen molar-refractivity contribution in [1.29, 1.82) is 4.78 Å². The van der Waals surface area contributed by atoms with E-state index < -0.39 is 40.3 Å². The number of hydrogen-bond acceptors (Lipinski definition) is 3. The van der Waals surface area contributed by atoms with Crippen LogP contribution in [0.1, 0.15) is 29.4 Å². The summed E-state index contributed by atoms with van der Waals surface area (Å²) in [7, 11) is 0.511. The SMILES string of the molecule is CC(O)C1CCc2c(cn(C)c2C(=O)Nc2cc(F)c(F)c(F)c2)S(=N)N1. The van der Waals surface area contributed by atoms with Gasteiger partial charge in [0.05, 0.1) is 11.0 Å². The van der Waals surface area contributed by atoms with Crippen LogP contribution in [0.3, 0.4) is 0 Å². The van der Waals surface area contributed by atoms with E-state index in [0.29, 0.717) is 35.4 Å². The largest absolute Gasteiger partial charge is 0.392 e. The first kappa shape index (κ1) is 19.6. The summed E-state index contributed by atoms with van der Waals surface area (Å²) in [6, 6.07) is 1.13. The van der Waals surface area contributed by atoms with Gasteiger partial charge in [-0.25, -0.2) is 17.9 Å². The minimum atomic E-state index is -1.60. The Morgan fingerprint density at radius 3 is 2.63 bits per heavy atom. The molecule has 146 valence electrons. The number of aliphatic hydroxyl groups excluding tert-OH is 1. The molecule has 0 radical (unpaired) electrons. The van der Waals surface area contributed by atoms with Gasteiger partial charge >= 0.3 is 0 Å². The molecule has 2 aromatic rings. The monoisotopic (exact) mass is 400 g/mol. The third kappa shape index (κ3) is 3.78. The van der Waals surface area contributed by atoms with Gasteiger partial charge in [-0.2, -0.15) is 0 Å². The lowest BCUT2D eigenvalue weighted by molar-refractivity contribution is 0.101. The Kier molecular flexibility index (Phi) is 5.41. The van der Waals surface area contributed by atoms with E-state index in [-0.39, 0.29) is 17.4 Å². The summed E-state index contributed by atoms with van der Waals surface area (Å²) in [5.41, 5.74) is 0.699. The number of nitrogens with one attached hydrogen (secondary N) is 3. The fourth-order valence-electron chi connectivity index (χ4n) is 3.09. The third-order valence-corrected chi connectivity index (χ3v) is 5.81. The summed E-state index contributed by atoms with van der Waals surface area (Å²) >= 11 is 0. The molecule has 0 fully saturated rings. The second-order valence-corrected chi connectivity index (χ2v) is 7.74. The van der Waals surface area contributed by atoms with Crippen LogP contribution in [0.5, 0.6) is 0 Å². The quantitative estimate of drug-likeness (QED) is 0.597. The Hall–Kier alpha value is -2.17. The maximum atomic E-state index is 13.4. The van der Waals surface area contributed by atoms with Crippen LogP contribution in [0.2, 0.25) is 0 Å². The molecule has 3 atom stereocenters. The lowest BCUT2D eigenvalue weighted by atomic mass is 10.0. The molecule has 2 heterocycles. The van der Waals surface area contributed by atoms with Gasteiger partial charge in [0.1, 0.15) is 5.69 Å².